The van der Waals surface area contributed by atoms with E-state index in [0.717, 1.165) is 22.4 Å². The molecule has 10 nitrogen and oxygen atoms in total. The Labute approximate surface area is 152 Å². The normalized spacial score (nSPS) is 10.6. The number of aryl methyl sites for hydroxylation is 1. The zero-order valence-electron chi connectivity index (χ0n) is 14.4. The summed E-state index contributed by atoms with van der Waals surface area (Å²) >= 11 is 0. The Morgan fingerprint density at radius 1 is 1.19 bits per heavy atom. The van der Waals surface area contributed by atoms with Crippen molar-refractivity contribution in [2.24, 2.45) is 0 Å². The molecule has 0 unspecified atom stereocenters. The van der Waals surface area contributed by atoms with Gasteiger partial charge in [-0.1, -0.05) is 5.16 Å². The van der Waals surface area contributed by atoms with Crippen molar-refractivity contribution in [1.29, 1.82) is 0 Å². The molecular weight excluding hydrogens is 356 g/mol. The monoisotopic (exact) mass is 372 g/mol. The highest BCUT2D eigenvalue weighted by atomic mass is 16.6. The van der Waals surface area contributed by atoms with Crippen molar-refractivity contribution < 1.29 is 18.8 Å². The number of carbonyl (C=O) groups excluding carboxylic acids is 1. The molecule has 0 amide bonds. The van der Waals surface area contributed by atoms with E-state index in [9.17, 15) is 14.4 Å². The van der Waals surface area contributed by atoms with Crippen LogP contribution in [0.25, 0.3) is 11.4 Å². The van der Waals surface area contributed by atoms with Gasteiger partial charge in [-0.15, -0.1) is 0 Å². The molecule has 140 valence electrons. The van der Waals surface area contributed by atoms with E-state index < -0.39 is 17.1 Å². The quantitative estimate of drug-likeness (QED) is 0.601. The molecule has 0 aliphatic rings. The Kier molecular flexibility index (Phi) is 5.45. The van der Waals surface area contributed by atoms with Crippen LogP contribution in [0, 0.1) is 0 Å². The fourth-order valence-corrected chi connectivity index (χ4v) is 2.22. The molecule has 0 bridgehead atoms. The predicted molar refractivity (Wildman–Crippen MR) is 92.0 cm³/mol. The molecule has 0 fully saturated rings. The Hall–Kier alpha value is -3.69. The molecule has 0 atom stereocenters. The molecule has 0 spiro atoms. The first-order chi connectivity index (χ1) is 13.0. The first-order valence-corrected chi connectivity index (χ1v) is 7.98. The van der Waals surface area contributed by atoms with Crippen LogP contribution in [0.5, 0.6) is 5.75 Å². The summed E-state index contributed by atoms with van der Waals surface area (Å²) in [7, 11) is 1.57. The van der Waals surface area contributed by atoms with Crippen molar-refractivity contribution in [1.82, 2.24) is 19.9 Å². The lowest BCUT2D eigenvalue weighted by Gasteiger charge is -2.04. The highest BCUT2D eigenvalue weighted by Crippen LogP contribution is 2.19. The lowest BCUT2D eigenvalue weighted by molar-refractivity contribution is -0.146. The molecule has 0 radical (unpaired) electrons. The molecule has 3 aromatic rings. The standard InChI is InChI=1S/C17H16N4O6/c1-25-12-4-2-11(3-5-12)17-18-14(27-20-17)10-26-16(24)8-9-21-15(23)7-6-13(22)19-21/h2-7H,8-10H2,1H3,(H,19,22). The number of methoxy groups -OCH3 is 1. The van der Waals surface area contributed by atoms with Crippen LogP contribution in [0.1, 0.15) is 12.3 Å². The summed E-state index contributed by atoms with van der Waals surface area (Å²) in [5.41, 5.74) is -0.118. The number of hydrogen-bond donors (Lipinski definition) is 1. The van der Waals surface area contributed by atoms with Gasteiger partial charge in [-0.25, -0.2) is 4.68 Å². The summed E-state index contributed by atoms with van der Waals surface area (Å²) in [5.74, 6) is 0.627. The van der Waals surface area contributed by atoms with Gasteiger partial charge in [0.2, 0.25) is 5.82 Å². The number of aromatic nitrogens is 4. The lowest BCUT2D eigenvalue weighted by Crippen LogP contribution is -2.29. The SMILES string of the molecule is COc1ccc(-c2noc(COC(=O)CCn3[nH]c(=O)ccc3=O)n2)cc1. The number of aromatic amines is 1. The van der Waals surface area contributed by atoms with Gasteiger partial charge in [0, 0.05) is 17.7 Å². The van der Waals surface area contributed by atoms with Gasteiger partial charge in [0.15, 0.2) is 6.61 Å². The Bertz CT molecular complexity index is 1030. The number of H-pyrrole nitrogens is 1. The third-order valence-corrected chi connectivity index (χ3v) is 3.60. The molecule has 1 N–H and O–H groups in total. The van der Waals surface area contributed by atoms with Crippen LogP contribution >= 0.6 is 0 Å². The second-order valence-corrected chi connectivity index (χ2v) is 5.45. The zero-order chi connectivity index (χ0) is 19.2. The van der Waals surface area contributed by atoms with Crippen LogP contribution in [0.2, 0.25) is 0 Å². The van der Waals surface area contributed by atoms with Crippen molar-refractivity contribution in [2.75, 3.05) is 7.11 Å². The minimum atomic E-state index is -0.573. The van der Waals surface area contributed by atoms with E-state index in [1.807, 2.05) is 0 Å². The van der Waals surface area contributed by atoms with E-state index in [0.29, 0.717) is 11.6 Å². The molecule has 2 heterocycles. The van der Waals surface area contributed by atoms with E-state index in [-0.39, 0.29) is 25.5 Å². The minimum Gasteiger partial charge on any atom is -0.497 e. The number of nitrogens with one attached hydrogen (secondary N) is 1. The van der Waals surface area contributed by atoms with Crippen LogP contribution < -0.4 is 15.9 Å². The molecule has 3 rings (SSSR count). The minimum absolute atomic E-state index is 0.00528. The van der Waals surface area contributed by atoms with Gasteiger partial charge in [0.1, 0.15) is 5.75 Å². The van der Waals surface area contributed by atoms with Crippen LogP contribution in [-0.4, -0.2) is 33.0 Å². The molecular formula is C17H16N4O6. The van der Waals surface area contributed by atoms with Crippen LogP contribution in [0.3, 0.4) is 0 Å². The number of benzene rings is 1. The number of hydrogen-bond acceptors (Lipinski definition) is 8. The zero-order valence-corrected chi connectivity index (χ0v) is 14.4. The van der Waals surface area contributed by atoms with Crippen molar-refractivity contribution in [3.63, 3.8) is 0 Å². The fraction of sp³-hybridized carbons (Fsp3) is 0.235. The number of rotatable bonds is 7. The van der Waals surface area contributed by atoms with Crippen LogP contribution in [-0.2, 0) is 22.7 Å². The maximum atomic E-state index is 11.8. The smallest absolute Gasteiger partial charge is 0.308 e. The van der Waals surface area contributed by atoms with Gasteiger partial charge < -0.3 is 14.0 Å². The van der Waals surface area contributed by atoms with Crippen molar-refractivity contribution in [3.8, 4) is 17.1 Å². The molecule has 27 heavy (non-hydrogen) atoms. The fourth-order valence-electron chi connectivity index (χ4n) is 2.22. The van der Waals surface area contributed by atoms with Crippen molar-refractivity contribution in [3.05, 3.63) is 63.0 Å². The maximum absolute atomic E-state index is 11.8. The van der Waals surface area contributed by atoms with E-state index >= 15 is 0 Å². The summed E-state index contributed by atoms with van der Waals surface area (Å²) < 4.78 is 16.2. The molecule has 0 saturated heterocycles. The average molecular weight is 372 g/mol. The Balaban J connectivity index is 1.53. The Morgan fingerprint density at radius 3 is 2.70 bits per heavy atom. The molecule has 2 aromatic heterocycles. The van der Waals surface area contributed by atoms with E-state index in [1.165, 1.54) is 0 Å². The van der Waals surface area contributed by atoms with Crippen LogP contribution in [0.4, 0.5) is 0 Å². The van der Waals surface area contributed by atoms with E-state index in [1.54, 1.807) is 31.4 Å². The third-order valence-electron chi connectivity index (χ3n) is 3.60. The maximum Gasteiger partial charge on any atom is 0.308 e. The first kappa shape index (κ1) is 18.1. The summed E-state index contributed by atoms with van der Waals surface area (Å²) in [6, 6.07) is 9.33. The topological polar surface area (TPSA) is 129 Å². The first-order valence-electron chi connectivity index (χ1n) is 7.98. The van der Waals surface area contributed by atoms with Crippen molar-refractivity contribution >= 4 is 5.97 Å². The number of nitrogens with zero attached hydrogens (tertiary/aromatic N) is 3. The van der Waals surface area contributed by atoms with Gasteiger partial charge in [0.25, 0.3) is 17.0 Å². The van der Waals surface area contributed by atoms with Gasteiger partial charge >= 0.3 is 5.97 Å². The molecule has 10 heteroatoms. The van der Waals surface area contributed by atoms with Crippen molar-refractivity contribution in [2.45, 2.75) is 19.6 Å². The predicted octanol–water partition coefficient (Wildman–Crippen LogP) is 0.729. The lowest BCUT2D eigenvalue weighted by atomic mass is 10.2. The highest BCUT2D eigenvalue weighted by Gasteiger charge is 2.12. The van der Waals surface area contributed by atoms with Gasteiger partial charge in [-0.2, -0.15) is 4.98 Å². The summed E-state index contributed by atoms with van der Waals surface area (Å²) in [6.45, 7) is -0.198. The number of esters is 1. The summed E-state index contributed by atoms with van der Waals surface area (Å²) in [5, 5.41) is 6.16. The number of ether oxygens (including phenoxy) is 2. The second-order valence-electron chi connectivity index (χ2n) is 5.45. The largest absolute Gasteiger partial charge is 0.497 e. The molecule has 1 aromatic carbocycles. The highest BCUT2D eigenvalue weighted by molar-refractivity contribution is 5.69. The summed E-state index contributed by atoms with van der Waals surface area (Å²) in [6.07, 6.45) is -0.0979. The third kappa shape index (κ3) is 4.69. The van der Waals surface area contributed by atoms with Gasteiger partial charge in [-0.05, 0) is 24.3 Å². The second kappa shape index (κ2) is 8.13. The van der Waals surface area contributed by atoms with E-state index in [4.69, 9.17) is 14.0 Å². The molecule has 0 aliphatic heterocycles. The summed E-state index contributed by atoms with van der Waals surface area (Å²) in [4.78, 5) is 38.7. The average Bonchev–Trinajstić information content (AvgIpc) is 3.16. The van der Waals surface area contributed by atoms with Crippen LogP contribution in [0.15, 0.2) is 50.5 Å². The van der Waals surface area contributed by atoms with Gasteiger partial charge in [-0.3, -0.25) is 19.5 Å². The van der Waals surface area contributed by atoms with E-state index in [2.05, 4.69) is 15.2 Å². The van der Waals surface area contributed by atoms with Gasteiger partial charge in [0.05, 0.1) is 20.1 Å². The Morgan fingerprint density at radius 2 is 1.96 bits per heavy atom. The molecule has 0 aliphatic carbocycles. The number of carbonyl (C=O) groups is 1. The molecule has 0 saturated carbocycles.